The predicted molar refractivity (Wildman–Crippen MR) is 159 cm³/mol. The van der Waals surface area contributed by atoms with E-state index >= 15 is 0 Å². The van der Waals surface area contributed by atoms with Gasteiger partial charge in [-0.15, -0.1) is 0 Å². The van der Waals surface area contributed by atoms with Crippen molar-refractivity contribution in [2.24, 2.45) is 0 Å². The summed E-state index contributed by atoms with van der Waals surface area (Å²) in [5.41, 5.74) is 5.40. The number of aryl methyl sites for hydroxylation is 3. The van der Waals surface area contributed by atoms with E-state index in [2.05, 4.69) is 83.0 Å². The highest BCUT2D eigenvalue weighted by atomic mass is 79.9. The van der Waals surface area contributed by atoms with Gasteiger partial charge in [-0.05, 0) is 85.7 Å². The Hall–Kier alpha value is -3.12. The Bertz CT molecular complexity index is 1340. The number of amides is 1. The van der Waals surface area contributed by atoms with Gasteiger partial charge >= 0.3 is 0 Å². The van der Waals surface area contributed by atoms with Crippen molar-refractivity contribution >= 4 is 32.9 Å². The molecule has 0 spiro atoms. The number of nitrogens with one attached hydrogen (secondary N) is 1. The molecule has 4 rings (SSSR count). The normalized spacial score (nSPS) is 11.3. The molecule has 4 aromatic rings. The van der Waals surface area contributed by atoms with Crippen LogP contribution in [0.25, 0.3) is 11.0 Å². The molecule has 5 nitrogen and oxygen atoms in total. The van der Waals surface area contributed by atoms with Gasteiger partial charge < -0.3 is 14.6 Å². The number of hydrogen-bond acceptors (Lipinski definition) is 3. The Morgan fingerprint density at radius 1 is 1.00 bits per heavy atom. The Balaban J connectivity index is 1.27. The molecule has 0 radical (unpaired) electrons. The first-order chi connectivity index (χ1) is 18.4. The van der Waals surface area contributed by atoms with Gasteiger partial charge in [-0.2, -0.15) is 0 Å². The quantitative estimate of drug-likeness (QED) is 0.165. The fourth-order valence-corrected chi connectivity index (χ4v) is 4.97. The van der Waals surface area contributed by atoms with E-state index in [1.807, 2.05) is 30.3 Å². The lowest BCUT2D eigenvalue weighted by atomic mass is 10.0. The van der Waals surface area contributed by atoms with Crippen molar-refractivity contribution in [1.82, 2.24) is 14.9 Å². The molecule has 0 fully saturated rings. The first-order valence-corrected chi connectivity index (χ1v) is 14.4. The van der Waals surface area contributed by atoms with E-state index in [9.17, 15) is 4.79 Å². The van der Waals surface area contributed by atoms with Gasteiger partial charge in [0.2, 0.25) is 0 Å². The molecular weight excluding hydrogens is 538 g/mol. The number of carbonyl (C=O) groups is 1. The lowest BCUT2D eigenvalue weighted by Crippen LogP contribution is -2.24. The van der Waals surface area contributed by atoms with Gasteiger partial charge in [0, 0.05) is 29.5 Å². The van der Waals surface area contributed by atoms with E-state index < -0.39 is 0 Å². The summed E-state index contributed by atoms with van der Waals surface area (Å²) >= 11 is 3.40. The number of hydrogen-bond donors (Lipinski definition) is 1. The summed E-state index contributed by atoms with van der Waals surface area (Å²) in [7, 11) is 0. The van der Waals surface area contributed by atoms with E-state index in [4.69, 9.17) is 9.72 Å². The molecule has 0 aliphatic heterocycles. The number of aromatic nitrogens is 2. The molecule has 0 saturated heterocycles. The van der Waals surface area contributed by atoms with Crippen molar-refractivity contribution in [3.05, 3.63) is 93.7 Å². The summed E-state index contributed by atoms with van der Waals surface area (Å²) in [6.45, 7) is 8.75. The van der Waals surface area contributed by atoms with E-state index in [1.54, 1.807) is 0 Å². The smallest absolute Gasteiger partial charge is 0.251 e. The van der Waals surface area contributed by atoms with E-state index in [0.29, 0.717) is 24.6 Å². The predicted octanol–water partition coefficient (Wildman–Crippen LogP) is 7.84. The van der Waals surface area contributed by atoms with Crippen LogP contribution in [0.2, 0.25) is 0 Å². The third-order valence-electron chi connectivity index (χ3n) is 6.78. The van der Waals surface area contributed by atoms with Crippen LogP contribution in [0, 0.1) is 6.92 Å². The molecule has 1 amide bonds. The maximum Gasteiger partial charge on any atom is 0.251 e. The van der Waals surface area contributed by atoms with Gasteiger partial charge in [-0.1, -0.05) is 60.5 Å². The second kappa shape index (κ2) is 13.6. The molecule has 6 heteroatoms. The lowest BCUT2D eigenvalue weighted by Gasteiger charge is -2.15. The van der Waals surface area contributed by atoms with Crippen LogP contribution in [-0.4, -0.2) is 28.6 Å². The number of rotatable bonds is 13. The van der Waals surface area contributed by atoms with Crippen molar-refractivity contribution in [1.29, 1.82) is 0 Å². The van der Waals surface area contributed by atoms with E-state index in [-0.39, 0.29) is 5.91 Å². The van der Waals surface area contributed by atoms with Crippen molar-refractivity contribution in [2.75, 3.05) is 13.2 Å². The molecule has 38 heavy (non-hydrogen) atoms. The van der Waals surface area contributed by atoms with Crippen molar-refractivity contribution in [3.8, 4) is 5.75 Å². The monoisotopic (exact) mass is 575 g/mol. The maximum absolute atomic E-state index is 12.3. The molecule has 200 valence electrons. The molecule has 1 heterocycles. The molecular formula is C32H38BrN3O2. The minimum atomic E-state index is -0.0207. The van der Waals surface area contributed by atoms with Crippen LogP contribution in [0.3, 0.4) is 0 Å². The first kappa shape index (κ1) is 27.9. The van der Waals surface area contributed by atoms with Gasteiger partial charge in [-0.3, -0.25) is 4.79 Å². The minimum absolute atomic E-state index is 0.0207. The SMILES string of the molecule is Cc1ccc(C(C)C)c(OCCCn2c(CCCCCNC(=O)c3ccc(Br)cc3)nc3ccccc32)c1. The highest BCUT2D eigenvalue weighted by molar-refractivity contribution is 9.10. The molecule has 0 aliphatic carbocycles. The van der Waals surface area contributed by atoms with Crippen LogP contribution in [0.1, 0.15) is 72.8 Å². The van der Waals surface area contributed by atoms with Gasteiger partial charge in [0.1, 0.15) is 11.6 Å². The highest BCUT2D eigenvalue weighted by Gasteiger charge is 2.12. The van der Waals surface area contributed by atoms with Gasteiger partial charge in [0.15, 0.2) is 0 Å². The van der Waals surface area contributed by atoms with Crippen LogP contribution in [-0.2, 0) is 13.0 Å². The fraction of sp³-hybridized carbons (Fsp3) is 0.375. The molecule has 0 aliphatic rings. The number of benzene rings is 3. The standard InChI is InChI=1S/C32H38BrN3O2/c1-23(2)27-18-13-24(3)22-30(27)38-21-9-20-36-29-11-7-6-10-28(29)35-31(36)12-5-4-8-19-34-32(37)25-14-16-26(33)17-15-25/h6-7,10-11,13-18,22-23H,4-5,8-9,12,19-21H2,1-3H3,(H,34,37). The van der Waals surface area contributed by atoms with Crippen LogP contribution in [0.5, 0.6) is 5.75 Å². The van der Waals surface area contributed by atoms with Crippen molar-refractivity contribution in [2.45, 2.75) is 65.3 Å². The summed E-state index contributed by atoms with van der Waals surface area (Å²) in [6, 6.07) is 22.3. The Morgan fingerprint density at radius 2 is 1.79 bits per heavy atom. The first-order valence-electron chi connectivity index (χ1n) is 13.6. The molecule has 3 aromatic carbocycles. The zero-order valence-corrected chi connectivity index (χ0v) is 24.3. The number of para-hydroxylation sites is 2. The summed E-state index contributed by atoms with van der Waals surface area (Å²) in [5.74, 6) is 2.54. The lowest BCUT2D eigenvalue weighted by molar-refractivity contribution is 0.0953. The number of ether oxygens (including phenoxy) is 1. The number of fused-ring (bicyclic) bond motifs is 1. The average Bonchev–Trinajstić information content (AvgIpc) is 3.26. The second-order valence-corrected chi connectivity index (χ2v) is 11.1. The molecule has 1 N–H and O–H groups in total. The molecule has 0 saturated carbocycles. The summed E-state index contributed by atoms with van der Waals surface area (Å²) in [6.07, 6.45) is 4.87. The highest BCUT2D eigenvalue weighted by Crippen LogP contribution is 2.28. The van der Waals surface area contributed by atoms with Crippen molar-refractivity contribution < 1.29 is 9.53 Å². The molecule has 1 aromatic heterocycles. The zero-order chi connectivity index (χ0) is 26.9. The van der Waals surface area contributed by atoms with Gasteiger partial charge in [0.25, 0.3) is 5.91 Å². The number of halogens is 1. The Kier molecular flexibility index (Phi) is 9.99. The number of nitrogens with zero attached hydrogens (tertiary/aromatic N) is 2. The van der Waals surface area contributed by atoms with Crippen molar-refractivity contribution in [3.63, 3.8) is 0 Å². The third-order valence-corrected chi connectivity index (χ3v) is 7.31. The Morgan fingerprint density at radius 3 is 2.58 bits per heavy atom. The topological polar surface area (TPSA) is 56.1 Å². The van der Waals surface area contributed by atoms with Crippen LogP contribution >= 0.6 is 15.9 Å². The molecule has 0 bridgehead atoms. The van der Waals surface area contributed by atoms with Crippen LogP contribution < -0.4 is 10.1 Å². The fourth-order valence-electron chi connectivity index (χ4n) is 4.70. The largest absolute Gasteiger partial charge is 0.493 e. The third kappa shape index (κ3) is 7.47. The van der Waals surface area contributed by atoms with Gasteiger partial charge in [-0.25, -0.2) is 4.98 Å². The number of imidazole rings is 1. The van der Waals surface area contributed by atoms with E-state index in [1.165, 1.54) is 16.6 Å². The Labute approximate surface area is 234 Å². The minimum Gasteiger partial charge on any atom is -0.493 e. The summed E-state index contributed by atoms with van der Waals surface area (Å²) in [5, 5.41) is 3.02. The summed E-state index contributed by atoms with van der Waals surface area (Å²) in [4.78, 5) is 17.2. The number of carbonyl (C=O) groups excluding carboxylic acids is 1. The zero-order valence-electron chi connectivity index (χ0n) is 22.7. The molecule has 0 atom stereocenters. The molecule has 0 unspecified atom stereocenters. The van der Waals surface area contributed by atoms with Gasteiger partial charge in [0.05, 0.1) is 17.6 Å². The average molecular weight is 577 g/mol. The maximum atomic E-state index is 12.3. The summed E-state index contributed by atoms with van der Waals surface area (Å²) < 4.78 is 9.57. The van der Waals surface area contributed by atoms with Crippen LogP contribution in [0.15, 0.2) is 71.2 Å². The van der Waals surface area contributed by atoms with E-state index in [0.717, 1.165) is 60.2 Å². The van der Waals surface area contributed by atoms with Crippen LogP contribution in [0.4, 0.5) is 0 Å². The second-order valence-electron chi connectivity index (χ2n) is 10.1. The number of unbranched alkanes of at least 4 members (excludes halogenated alkanes) is 2.